The Labute approximate surface area is 114 Å². The first-order chi connectivity index (χ1) is 9.26. The lowest BCUT2D eigenvalue weighted by Crippen LogP contribution is -2.15. The number of hydrogen-bond acceptors (Lipinski definition) is 3. The molecule has 0 aliphatic heterocycles. The molecule has 0 bridgehead atoms. The first-order valence-corrected chi connectivity index (χ1v) is 6.98. The number of phenolic OH excluding ortho intramolecular Hbond substituents is 1. The van der Waals surface area contributed by atoms with E-state index in [-0.39, 0.29) is 11.9 Å². The maximum absolute atomic E-state index is 10.3. The summed E-state index contributed by atoms with van der Waals surface area (Å²) in [6.45, 7) is 4.30. The second-order valence-electron chi connectivity index (χ2n) is 4.83. The Kier molecular flexibility index (Phi) is 4.61. The normalized spacial score (nSPS) is 11.1. The van der Waals surface area contributed by atoms with Crippen molar-refractivity contribution in [3.05, 3.63) is 30.6 Å². The lowest BCUT2D eigenvalue weighted by molar-refractivity contribution is 0.173. The minimum Gasteiger partial charge on any atom is -0.504 e. The molecule has 0 unspecified atom stereocenters. The van der Waals surface area contributed by atoms with E-state index >= 15 is 0 Å². The van der Waals surface area contributed by atoms with Crippen molar-refractivity contribution < 1.29 is 9.84 Å². The number of hydrogen-bond donors (Lipinski definition) is 1. The SMILES string of the molecule is CCCC(CCC)Oc1ccc2cnccc2c1O. The van der Waals surface area contributed by atoms with E-state index in [0.717, 1.165) is 36.5 Å². The predicted octanol–water partition coefficient (Wildman–Crippen LogP) is 4.29. The van der Waals surface area contributed by atoms with Crippen LogP contribution >= 0.6 is 0 Å². The van der Waals surface area contributed by atoms with Crippen molar-refractivity contribution in [3.63, 3.8) is 0 Å². The van der Waals surface area contributed by atoms with Crippen LogP contribution in [0.2, 0.25) is 0 Å². The van der Waals surface area contributed by atoms with Gasteiger partial charge in [-0.1, -0.05) is 26.7 Å². The molecule has 3 nitrogen and oxygen atoms in total. The van der Waals surface area contributed by atoms with Crippen molar-refractivity contribution in [2.75, 3.05) is 0 Å². The van der Waals surface area contributed by atoms with E-state index in [9.17, 15) is 5.11 Å². The van der Waals surface area contributed by atoms with Crippen LogP contribution < -0.4 is 4.74 Å². The lowest BCUT2D eigenvalue weighted by atomic mass is 10.1. The fourth-order valence-electron chi connectivity index (χ4n) is 2.31. The van der Waals surface area contributed by atoms with Gasteiger partial charge in [-0.2, -0.15) is 0 Å². The second kappa shape index (κ2) is 6.41. The molecule has 0 aliphatic rings. The number of aromatic nitrogens is 1. The Hall–Kier alpha value is -1.77. The third-order valence-electron chi connectivity index (χ3n) is 3.27. The molecule has 0 saturated heterocycles. The molecule has 19 heavy (non-hydrogen) atoms. The van der Waals surface area contributed by atoms with E-state index < -0.39 is 0 Å². The summed E-state index contributed by atoms with van der Waals surface area (Å²) >= 11 is 0. The summed E-state index contributed by atoms with van der Waals surface area (Å²) in [5, 5.41) is 12.0. The van der Waals surface area contributed by atoms with Gasteiger partial charge >= 0.3 is 0 Å². The molecule has 2 rings (SSSR count). The second-order valence-corrected chi connectivity index (χ2v) is 4.83. The molecule has 0 atom stereocenters. The van der Waals surface area contributed by atoms with E-state index in [1.165, 1.54) is 0 Å². The maximum Gasteiger partial charge on any atom is 0.165 e. The van der Waals surface area contributed by atoms with E-state index in [0.29, 0.717) is 5.75 Å². The summed E-state index contributed by atoms with van der Waals surface area (Å²) in [6, 6.07) is 5.58. The van der Waals surface area contributed by atoms with Gasteiger partial charge < -0.3 is 9.84 Å². The number of rotatable bonds is 6. The largest absolute Gasteiger partial charge is 0.504 e. The van der Waals surface area contributed by atoms with Crippen LogP contribution in [0.25, 0.3) is 10.8 Å². The highest BCUT2D eigenvalue weighted by Gasteiger charge is 2.13. The number of pyridine rings is 1. The van der Waals surface area contributed by atoms with Crippen molar-refractivity contribution in [1.82, 2.24) is 4.98 Å². The quantitative estimate of drug-likeness (QED) is 0.841. The number of phenols is 1. The minimum absolute atomic E-state index is 0.181. The van der Waals surface area contributed by atoms with Crippen molar-refractivity contribution in [1.29, 1.82) is 0 Å². The monoisotopic (exact) mass is 259 g/mol. The lowest BCUT2D eigenvalue weighted by Gasteiger charge is -2.19. The minimum atomic E-state index is 0.181. The molecule has 0 amide bonds. The average Bonchev–Trinajstić information content (AvgIpc) is 2.43. The topological polar surface area (TPSA) is 42.4 Å². The highest BCUT2D eigenvalue weighted by Crippen LogP contribution is 2.35. The zero-order valence-corrected chi connectivity index (χ0v) is 11.6. The summed E-state index contributed by atoms with van der Waals surface area (Å²) in [7, 11) is 0. The molecular formula is C16H21NO2. The van der Waals surface area contributed by atoms with E-state index in [1.54, 1.807) is 12.4 Å². The van der Waals surface area contributed by atoms with Gasteiger partial charge in [0.15, 0.2) is 11.5 Å². The van der Waals surface area contributed by atoms with Crippen LogP contribution in [0.5, 0.6) is 11.5 Å². The number of benzene rings is 1. The molecule has 1 heterocycles. The molecule has 0 aliphatic carbocycles. The molecule has 0 saturated carbocycles. The number of ether oxygens (including phenoxy) is 1. The van der Waals surface area contributed by atoms with Crippen LogP contribution in [-0.2, 0) is 0 Å². The predicted molar refractivity (Wildman–Crippen MR) is 77.6 cm³/mol. The van der Waals surface area contributed by atoms with Gasteiger partial charge in [-0.3, -0.25) is 4.98 Å². The van der Waals surface area contributed by atoms with E-state index in [1.807, 2.05) is 18.2 Å². The first kappa shape index (κ1) is 13.7. The maximum atomic E-state index is 10.3. The third kappa shape index (κ3) is 3.16. The molecule has 1 aromatic heterocycles. The summed E-state index contributed by atoms with van der Waals surface area (Å²) in [5.74, 6) is 0.794. The zero-order valence-electron chi connectivity index (χ0n) is 11.6. The van der Waals surface area contributed by atoms with E-state index in [2.05, 4.69) is 18.8 Å². The first-order valence-electron chi connectivity index (χ1n) is 6.98. The Bertz CT molecular complexity index is 533. The molecular weight excluding hydrogens is 238 g/mol. The molecule has 0 spiro atoms. The van der Waals surface area contributed by atoms with Crippen molar-refractivity contribution >= 4 is 10.8 Å². The van der Waals surface area contributed by atoms with Crippen molar-refractivity contribution in [2.45, 2.75) is 45.6 Å². The standard InChI is InChI=1S/C16H21NO2/c1-3-5-13(6-4-2)19-15-8-7-12-11-17-10-9-14(12)16(15)18/h7-11,13,18H,3-6H2,1-2H3. The van der Waals surface area contributed by atoms with E-state index in [4.69, 9.17) is 4.74 Å². The number of nitrogens with zero attached hydrogens (tertiary/aromatic N) is 1. The Morgan fingerprint density at radius 3 is 2.58 bits per heavy atom. The summed E-state index contributed by atoms with van der Waals surface area (Å²) in [5.41, 5.74) is 0. The van der Waals surface area contributed by atoms with Gasteiger partial charge in [0.2, 0.25) is 0 Å². The van der Waals surface area contributed by atoms with Gasteiger partial charge in [0.1, 0.15) is 0 Å². The van der Waals surface area contributed by atoms with Crippen LogP contribution in [0, 0.1) is 0 Å². The summed E-state index contributed by atoms with van der Waals surface area (Å²) in [6.07, 6.45) is 7.81. The molecule has 1 N–H and O–H groups in total. The molecule has 0 radical (unpaired) electrons. The van der Waals surface area contributed by atoms with Crippen LogP contribution in [-0.4, -0.2) is 16.2 Å². The third-order valence-corrected chi connectivity index (χ3v) is 3.27. The molecule has 3 heteroatoms. The molecule has 0 fully saturated rings. The van der Waals surface area contributed by atoms with Crippen molar-refractivity contribution in [2.24, 2.45) is 0 Å². The summed E-state index contributed by atoms with van der Waals surface area (Å²) < 4.78 is 5.96. The van der Waals surface area contributed by atoms with Gasteiger partial charge in [0.25, 0.3) is 0 Å². The Morgan fingerprint density at radius 2 is 1.89 bits per heavy atom. The van der Waals surface area contributed by atoms with Crippen LogP contribution in [0.3, 0.4) is 0 Å². The smallest absolute Gasteiger partial charge is 0.165 e. The Morgan fingerprint density at radius 1 is 1.16 bits per heavy atom. The van der Waals surface area contributed by atoms with Crippen LogP contribution in [0.1, 0.15) is 39.5 Å². The van der Waals surface area contributed by atoms with Gasteiger partial charge in [-0.15, -0.1) is 0 Å². The Balaban J connectivity index is 2.26. The van der Waals surface area contributed by atoms with Crippen LogP contribution in [0.15, 0.2) is 30.6 Å². The zero-order chi connectivity index (χ0) is 13.7. The fourth-order valence-corrected chi connectivity index (χ4v) is 2.31. The molecule has 102 valence electrons. The van der Waals surface area contributed by atoms with Crippen molar-refractivity contribution in [3.8, 4) is 11.5 Å². The molecule has 2 aromatic rings. The highest BCUT2D eigenvalue weighted by atomic mass is 16.5. The molecule has 1 aromatic carbocycles. The average molecular weight is 259 g/mol. The van der Waals surface area contributed by atoms with Gasteiger partial charge in [0, 0.05) is 23.2 Å². The van der Waals surface area contributed by atoms with Gasteiger partial charge in [-0.25, -0.2) is 0 Å². The van der Waals surface area contributed by atoms with Gasteiger partial charge in [0.05, 0.1) is 6.10 Å². The number of fused-ring (bicyclic) bond motifs is 1. The number of aromatic hydroxyl groups is 1. The summed E-state index contributed by atoms with van der Waals surface area (Å²) in [4.78, 5) is 4.05. The fraction of sp³-hybridized carbons (Fsp3) is 0.438. The highest BCUT2D eigenvalue weighted by molar-refractivity contribution is 5.89. The van der Waals surface area contributed by atoms with Crippen LogP contribution in [0.4, 0.5) is 0 Å². The van der Waals surface area contributed by atoms with Gasteiger partial charge in [-0.05, 0) is 31.0 Å².